The normalized spacial score (nSPS) is 13.8. The van der Waals surface area contributed by atoms with Gasteiger partial charge in [-0.15, -0.1) is 0 Å². The number of benzene rings is 1. The molecule has 0 fully saturated rings. The van der Waals surface area contributed by atoms with Gasteiger partial charge in [0.1, 0.15) is 17.1 Å². The average Bonchev–Trinajstić information content (AvgIpc) is 2.73. The first-order chi connectivity index (χ1) is 14.5. The zero-order chi connectivity index (χ0) is 21.5. The highest BCUT2D eigenvalue weighted by Gasteiger charge is 2.28. The monoisotopic (exact) mass is 407 g/mol. The van der Waals surface area contributed by atoms with Crippen molar-refractivity contribution < 1.29 is 28.6 Å². The lowest BCUT2D eigenvalue weighted by molar-refractivity contribution is -0.147. The summed E-state index contributed by atoms with van der Waals surface area (Å²) in [6, 6.07) is 10.9. The van der Waals surface area contributed by atoms with Crippen LogP contribution in [-0.4, -0.2) is 35.9 Å². The third-order valence-electron chi connectivity index (χ3n) is 4.26. The Morgan fingerprint density at radius 1 is 1.07 bits per heavy atom. The van der Waals surface area contributed by atoms with Crippen LogP contribution in [0.1, 0.15) is 31.5 Å². The lowest BCUT2D eigenvalue weighted by atomic mass is 9.90. The summed E-state index contributed by atoms with van der Waals surface area (Å²) in [5, 5.41) is 0. The fourth-order valence-corrected chi connectivity index (χ4v) is 2.99. The number of esters is 2. The zero-order valence-corrected chi connectivity index (χ0v) is 16.7. The number of aromatic nitrogens is 1. The molecule has 0 amide bonds. The summed E-state index contributed by atoms with van der Waals surface area (Å²) in [6.07, 6.45) is 5.51. The van der Waals surface area contributed by atoms with Crippen LogP contribution in [0.4, 0.5) is 0 Å². The van der Waals surface area contributed by atoms with Gasteiger partial charge in [-0.25, -0.2) is 4.79 Å². The van der Waals surface area contributed by atoms with Crippen LogP contribution < -0.4 is 4.74 Å². The lowest BCUT2D eigenvalue weighted by Gasteiger charge is -2.18. The third kappa shape index (κ3) is 5.00. The number of ether oxygens (including phenoxy) is 3. The van der Waals surface area contributed by atoms with Crippen LogP contribution in [0.15, 0.2) is 54.2 Å². The van der Waals surface area contributed by atoms with Crippen molar-refractivity contribution in [3.05, 3.63) is 65.5 Å². The Hall–Kier alpha value is -3.74. The SMILES string of the molecule is CCOC(=O)C(C(=O)COC(C)=O)=C1CC=Cc2ncc(Oc3ccccc3)cc21. The zero-order valence-electron chi connectivity index (χ0n) is 16.7. The fraction of sp³-hybridized carbons (Fsp3) is 0.217. The number of carbonyl (C=O) groups excluding carboxylic acids is 3. The van der Waals surface area contributed by atoms with Gasteiger partial charge in [-0.2, -0.15) is 0 Å². The molecule has 1 aliphatic carbocycles. The second-order valence-electron chi connectivity index (χ2n) is 6.40. The van der Waals surface area contributed by atoms with Crippen molar-refractivity contribution >= 4 is 29.4 Å². The summed E-state index contributed by atoms with van der Waals surface area (Å²) in [5.74, 6) is -0.911. The maximum absolute atomic E-state index is 12.7. The first kappa shape index (κ1) is 21.0. The summed E-state index contributed by atoms with van der Waals surface area (Å²) < 4.78 is 15.7. The van der Waals surface area contributed by atoms with Crippen molar-refractivity contribution in [2.75, 3.05) is 13.2 Å². The molecule has 0 aliphatic heterocycles. The standard InChI is InChI=1S/C23H21NO6/c1-3-28-23(27)22(21(26)14-29-15(2)25)18-10-7-11-20-19(18)12-17(13-24-20)30-16-8-5-4-6-9-16/h4-9,11-13H,3,10,14H2,1-2H3. The number of ketones is 1. The maximum atomic E-state index is 12.7. The molecule has 7 nitrogen and oxygen atoms in total. The summed E-state index contributed by atoms with van der Waals surface area (Å²) in [5.41, 5.74) is 1.49. The van der Waals surface area contributed by atoms with Crippen LogP contribution >= 0.6 is 0 Å². The third-order valence-corrected chi connectivity index (χ3v) is 4.26. The number of pyridine rings is 1. The van der Waals surface area contributed by atoms with E-state index in [0.717, 1.165) is 0 Å². The number of nitrogens with zero attached hydrogens (tertiary/aromatic N) is 1. The molecule has 0 bridgehead atoms. The van der Waals surface area contributed by atoms with Crippen LogP contribution in [0.25, 0.3) is 11.6 Å². The first-order valence-corrected chi connectivity index (χ1v) is 9.46. The summed E-state index contributed by atoms with van der Waals surface area (Å²) >= 11 is 0. The number of carbonyl (C=O) groups is 3. The van der Waals surface area contributed by atoms with E-state index in [1.165, 1.54) is 6.92 Å². The molecule has 1 aromatic heterocycles. The van der Waals surface area contributed by atoms with Crippen LogP contribution in [0, 0.1) is 0 Å². The van der Waals surface area contributed by atoms with Crippen LogP contribution in [0.2, 0.25) is 0 Å². The van der Waals surface area contributed by atoms with Crippen molar-refractivity contribution in [2.45, 2.75) is 20.3 Å². The van der Waals surface area contributed by atoms with E-state index in [-0.39, 0.29) is 12.2 Å². The van der Waals surface area contributed by atoms with E-state index in [2.05, 4.69) is 4.98 Å². The second-order valence-corrected chi connectivity index (χ2v) is 6.40. The van der Waals surface area contributed by atoms with E-state index in [1.807, 2.05) is 36.4 Å². The molecule has 3 rings (SSSR count). The molecule has 0 N–H and O–H groups in total. The molecule has 30 heavy (non-hydrogen) atoms. The predicted octanol–water partition coefficient (Wildman–Crippen LogP) is 3.74. The van der Waals surface area contributed by atoms with Gasteiger partial charge in [0.15, 0.2) is 6.61 Å². The highest BCUT2D eigenvalue weighted by Crippen LogP contribution is 2.34. The molecule has 0 spiro atoms. The van der Waals surface area contributed by atoms with E-state index >= 15 is 0 Å². The molecule has 0 atom stereocenters. The Morgan fingerprint density at radius 3 is 2.53 bits per heavy atom. The largest absolute Gasteiger partial charge is 0.462 e. The topological polar surface area (TPSA) is 91.8 Å². The molecule has 1 aromatic carbocycles. The quantitative estimate of drug-likeness (QED) is 0.299. The lowest BCUT2D eigenvalue weighted by Crippen LogP contribution is -2.23. The molecule has 0 radical (unpaired) electrons. The summed E-state index contributed by atoms with van der Waals surface area (Å²) in [4.78, 5) is 40.8. The minimum absolute atomic E-state index is 0.106. The predicted molar refractivity (Wildman–Crippen MR) is 110 cm³/mol. The Labute approximate surface area is 174 Å². The van der Waals surface area contributed by atoms with Gasteiger partial charge in [0.2, 0.25) is 5.78 Å². The molecule has 0 saturated heterocycles. The van der Waals surface area contributed by atoms with Crippen molar-refractivity contribution in [1.29, 1.82) is 0 Å². The molecule has 0 saturated carbocycles. The van der Waals surface area contributed by atoms with Gasteiger partial charge in [-0.3, -0.25) is 14.6 Å². The first-order valence-electron chi connectivity index (χ1n) is 9.46. The molecule has 0 unspecified atom stereocenters. The number of fused-ring (bicyclic) bond motifs is 1. The van der Waals surface area contributed by atoms with E-state index in [9.17, 15) is 14.4 Å². The summed E-state index contributed by atoms with van der Waals surface area (Å²) in [7, 11) is 0. The molecule has 1 heterocycles. The number of hydrogen-bond acceptors (Lipinski definition) is 7. The number of Topliss-reactive ketones (excluding diaryl/α,β-unsaturated/α-hetero) is 1. The van der Waals surface area contributed by atoms with Crippen LogP contribution in [0.3, 0.4) is 0 Å². The van der Waals surface area contributed by atoms with E-state index in [4.69, 9.17) is 14.2 Å². The molecular weight excluding hydrogens is 386 g/mol. The second kappa shape index (κ2) is 9.65. The Balaban J connectivity index is 2.04. The molecule has 1 aliphatic rings. The van der Waals surface area contributed by atoms with Crippen molar-refractivity contribution in [3.8, 4) is 11.5 Å². The molecule has 154 valence electrons. The number of rotatable bonds is 7. The molecule has 7 heteroatoms. The van der Waals surface area contributed by atoms with Crippen LogP contribution in [-0.2, 0) is 23.9 Å². The van der Waals surface area contributed by atoms with Gasteiger partial charge >= 0.3 is 11.9 Å². The van der Waals surface area contributed by atoms with E-state index < -0.39 is 24.3 Å². The average molecular weight is 407 g/mol. The van der Waals surface area contributed by atoms with Gasteiger partial charge in [0, 0.05) is 12.5 Å². The highest BCUT2D eigenvalue weighted by molar-refractivity contribution is 6.23. The van der Waals surface area contributed by atoms with E-state index in [1.54, 1.807) is 25.3 Å². The smallest absolute Gasteiger partial charge is 0.342 e. The van der Waals surface area contributed by atoms with Crippen molar-refractivity contribution in [2.24, 2.45) is 0 Å². The fourth-order valence-electron chi connectivity index (χ4n) is 2.99. The van der Waals surface area contributed by atoms with Gasteiger partial charge in [0.25, 0.3) is 0 Å². The minimum atomic E-state index is -0.764. The number of allylic oxidation sites excluding steroid dienone is 2. The number of para-hydroxylation sites is 1. The highest BCUT2D eigenvalue weighted by atomic mass is 16.5. The summed E-state index contributed by atoms with van der Waals surface area (Å²) in [6.45, 7) is 2.41. The van der Waals surface area contributed by atoms with Gasteiger partial charge in [0.05, 0.1) is 18.5 Å². The molecular formula is C23H21NO6. The van der Waals surface area contributed by atoms with Gasteiger partial charge < -0.3 is 14.2 Å². The Morgan fingerprint density at radius 2 is 1.83 bits per heavy atom. The van der Waals surface area contributed by atoms with Gasteiger partial charge in [-0.1, -0.05) is 24.3 Å². The Bertz CT molecular complexity index is 1020. The molecule has 2 aromatic rings. The van der Waals surface area contributed by atoms with Crippen molar-refractivity contribution in [1.82, 2.24) is 4.98 Å². The van der Waals surface area contributed by atoms with E-state index in [0.29, 0.717) is 34.8 Å². The Kier molecular flexibility index (Phi) is 6.75. The van der Waals surface area contributed by atoms with Crippen LogP contribution in [0.5, 0.6) is 11.5 Å². The van der Waals surface area contributed by atoms with Gasteiger partial charge in [-0.05, 0) is 43.2 Å². The maximum Gasteiger partial charge on any atom is 0.342 e. The number of hydrogen-bond donors (Lipinski definition) is 0. The van der Waals surface area contributed by atoms with Crippen molar-refractivity contribution in [3.63, 3.8) is 0 Å². The minimum Gasteiger partial charge on any atom is -0.462 e.